The lowest BCUT2D eigenvalue weighted by Gasteiger charge is -2.69. The van der Waals surface area contributed by atoms with Gasteiger partial charge in [-0.2, -0.15) is 0 Å². The molecule has 1 aromatic carbocycles. The molecule has 4 aliphatic carbocycles. The molecule has 4 aliphatic rings. The maximum absolute atomic E-state index is 13.3. The highest BCUT2D eigenvalue weighted by molar-refractivity contribution is 5.82. The van der Waals surface area contributed by atoms with Gasteiger partial charge >= 0.3 is 0 Å². The Morgan fingerprint density at radius 2 is 1.63 bits per heavy atom. The molecular formula is C31H43NO3. The molecule has 190 valence electrons. The van der Waals surface area contributed by atoms with Crippen molar-refractivity contribution in [3.05, 3.63) is 33.7 Å². The summed E-state index contributed by atoms with van der Waals surface area (Å²) in [5.74, 6) is 0.547. The molecule has 3 saturated carbocycles. The van der Waals surface area contributed by atoms with Crippen molar-refractivity contribution in [2.24, 2.45) is 27.6 Å². The zero-order chi connectivity index (χ0) is 25.8. The van der Waals surface area contributed by atoms with Crippen LogP contribution in [0.15, 0.2) is 17.7 Å². The predicted octanol–water partition coefficient (Wildman–Crippen LogP) is 4.99. The minimum atomic E-state index is -0.304. The van der Waals surface area contributed by atoms with Gasteiger partial charge in [0.2, 0.25) is 5.91 Å². The quantitative estimate of drug-likeness (QED) is 0.561. The SMILES string of the molecule is C=c1c(O)c(O)cc2c1=CC=C1[C@@]2(C)CC[C@@]2(C)[C@@H]3C[C@](C)(C(=O)N(C)C)CC[C@]3(C)CC[C@]12C. The Labute approximate surface area is 210 Å². The molecule has 0 aromatic heterocycles. The summed E-state index contributed by atoms with van der Waals surface area (Å²) in [6, 6.07) is 1.77. The van der Waals surface area contributed by atoms with Gasteiger partial charge in [0.15, 0.2) is 11.5 Å². The highest BCUT2D eigenvalue weighted by Crippen LogP contribution is 2.74. The Kier molecular flexibility index (Phi) is 5.01. The molecule has 4 heteroatoms. The van der Waals surface area contributed by atoms with Gasteiger partial charge in [-0.15, -0.1) is 0 Å². The van der Waals surface area contributed by atoms with Gasteiger partial charge in [0.25, 0.3) is 0 Å². The summed E-state index contributed by atoms with van der Waals surface area (Å²) in [7, 11) is 3.79. The second-order valence-electron chi connectivity index (χ2n) is 13.7. The van der Waals surface area contributed by atoms with E-state index in [1.165, 1.54) is 12.0 Å². The molecule has 1 aromatic rings. The van der Waals surface area contributed by atoms with E-state index in [4.69, 9.17) is 0 Å². The zero-order valence-electron chi connectivity index (χ0n) is 22.7. The summed E-state index contributed by atoms with van der Waals surface area (Å²) in [6.07, 6.45) is 11.8. The number of nitrogens with zero attached hydrogens (tertiary/aromatic N) is 1. The van der Waals surface area contributed by atoms with E-state index in [0.717, 1.165) is 49.3 Å². The number of phenolic OH excluding ortho intramolecular Hbond substituents is 2. The third kappa shape index (κ3) is 2.95. The number of amides is 1. The van der Waals surface area contributed by atoms with Gasteiger partial charge in [-0.3, -0.25) is 4.79 Å². The molecule has 0 unspecified atom stereocenters. The van der Waals surface area contributed by atoms with Crippen LogP contribution in [0.1, 0.15) is 85.1 Å². The summed E-state index contributed by atoms with van der Waals surface area (Å²) in [5.41, 5.74) is 2.36. The van der Waals surface area contributed by atoms with Crippen molar-refractivity contribution in [1.82, 2.24) is 4.90 Å². The van der Waals surface area contributed by atoms with Gasteiger partial charge in [-0.05, 0) is 84.0 Å². The number of aromatic hydroxyl groups is 2. The molecule has 0 bridgehead atoms. The molecule has 3 fully saturated rings. The first-order chi connectivity index (χ1) is 16.1. The molecule has 0 saturated heterocycles. The van der Waals surface area contributed by atoms with E-state index in [1.54, 1.807) is 11.0 Å². The van der Waals surface area contributed by atoms with Crippen LogP contribution >= 0.6 is 0 Å². The van der Waals surface area contributed by atoms with E-state index in [0.29, 0.717) is 11.1 Å². The predicted molar refractivity (Wildman–Crippen MR) is 141 cm³/mol. The molecule has 0 spiro atoms. The van der Waals surface area contributed by atoms with Crippen LogP contribution in [0.5, 0.6) is 11.5 Å². The van der Waals surface area contributed by atoms with Gasteiger partial charge in [-0.1, -0.05) is 58.9 Å². The topological polar surface area (TPSA) is 60.8 Å². The van der Waals surface area contributed by atoms with E-state index >= 15 is 0 Å². The summed E-state index contributed by atoms with van der Waals surface area (Å²) < 4.78 is 0. The second kappa shape index (κ2) is 7.17. The Balaban J connectivity index is 1.64. The van der Waals surface area contributed by atoms with Gasteiger partial charge in [0.1, 0.15) is 0 Å². The third-order valence-corrected chi connectivity index (χ3v) is 11.7. The monoisotopic (exact) mass is 477 g/mol. The Morgan fingerprint density at radius 1 is 0.971 bits per heavy atom. The van der Waals surface area contributed by atoms with Crippen molar-refractivity contribution in [2.45, 2.75) is 85.0 Å². The molecule has 6 atom stereocenters. The van der Waals surface area contributed by atoms with Gasteiger partial charge in [0, 0.05) is 30.1 Å². The first-order valence-electron chi connectivity index (χ1n) is 13.3. The lowest BCUT2D eigenvalue weighted by atomic mass is 9.34. The fraction of sp³-hybridized carbons (Fsp3) is 0.645. The van der Waals surface area contributed by atoms with Gasteiger partial charge in [-0.25, -0.2) is 0 Å². The molecule has 0 aliphatic heterocycles. The minimum absolute atomic E-state index is 0.00732. The van der Waals surface area contributed by atoms with Crippen molar-refractivity contribution < 1.29 is 15.0 Å². The van der Waals surface area contributed by atoms with Crippen LogP contribution in [0.25, 0.3) is 12.7 Å². The minimum Gasteiger partial charge on any atom is -0.504 e. The maximum Gasteiger partial charge on any atom is 0.227 e. The van der Waals surface area contributed by atoms with Crippen LogP contribution in [-0.4, -0.2) is 35.1 Å². The summed E-state index contributed by atoms with van der Waals surface area (Å²) in [5, 5.41) is 22.3. The van der Waals surface area contributed by atoms with Gasteiger partial charge in [0.05, 0.1) is 0 Å². The molecule has 5 rings (SSSR count). The Morgan fingerprint density at radius 3 is 2.29 bits per heavy atom. The fourth-order valence-electron chi connectivity index (χ4n) is 9.10. The molecule has 2 N–H and O–H groups in total. The van der Waals surface area contributed by atoms with Crippen LogP contribution < -0.4 is 10.4 Å². The average molecular weight is 478 g/mol. The lowest BCUT2D eigenvalue weighted by Crippen LogP contribution is -2.63. The summed E-state index contributed by atoms with van der Waals surface area (Å²) in [4.78, 5) is 15.1. The molecule has 0 radical (unpaired) electrons. The average Bonchev–Trinajstić information content (AvgIpc) is 2.80. The smallest absolute Gasteiger partial charge is 0.227 e. The van der Waals surface area contributed by atoms with Crippen LogP contribution in [-0.2, 0) is 10.2 Å². The number of benzene rings is 1. The van der Waals surface area contributed by atoms with Gasteiger partial charge < -0.3 is 15.1 Å². The Bertz CT molecular complexity index is 1260. The van der Waals surface area contributed by atoms with E-state index in [1.807, 2.05) is 14.1 Å². The zero-order valence-corrected chi connectivity index (χ0v) is 22.7. The normalized spacial score (nSPS) is 41.9. The summed E-state index contributed by atoms with van der Waals surface area (Å²) >= 11 is 0. The Hall–Kier alpha value is -2.23. The third-order valence-electron chi connectivity index (χ3n) is 11.7. The number of hydrogen-bond acceptors (Lipinski definition) is 3. The van der Waals surface area contributed by atoms with E-state index in [2.05, 4.69) is 53.3 Å². The van der Waals surface area contributed by atoms with Crippen molar-refractivity contribution in [1.29, 1.82) is 0 Å². The number of hydrogen-bond donors (Lipinski definition) is 2. The lowest BCUT2D eigenvalue weighted by molar-refractivity contribution is -0.171. The fourth-order valence-corrected chi connectivity index (χ4v) is 9.10. The van der Waals surface area contributed by atoms with Crippen LogP contribution in [0.2, 0.25) is 0 Å². The van der Waals surface area contributed by atoms with Crippen LogP contribution in [0.4, 0.5) is 0 Å². The number of fused-ring (bicyclic) bond motifs is 7. The van der Waals surface area contributed by atoms with E-state index in [-0.39, 0.29) is 44.5 Å². The van der Waals surface area contributed by atoms with E-state index < -0.39 is 0 Å². The molecule has 4 nitrogen and oxygen atoms in total. The number of phenols is 2. The van der Waals surface area contributed by atoms with Crippen molar-refractivity contribution in [2.75, 3.05) is 14.1 Å². The van der Waals surface area contributed by atoms with E-state index in [9.17, 15) is 15.0 Å². The highest BCUT2D eigenvalue weighted by Gasteiger charge is 2.66. The highest BCUT2D eigenvalue weighted by atomic mass is 16.3. The molecule has 35 heavy (non-hydrogen) atoms. The second-order valence-corrected chi connectivity index (χ2v) is 13.7. The molecule has 0 heterocycles. The van der Waals surface area contributed by atoms with Crippen molar-refractivity contribution in [3.63, 3.8) is 0 Å². The van der Waals surface area contributed by atoms with Crippen LogP contribution in [0.3, 0.4) is 0 Å². The van der Waals surface area contributed by atoms with Crippen molar-refractivity contribution >= 4 is 18.6 Å². The first kappa shape index (κ1) is 24.5. The molecular weight excluding hydrogens is 434 g/mol. The number of rotatable bonds is 1. The number of carbonyl (C=O) groups is 1. The number of carbonyl (C=O) groups excluding carboxylic acids is 1. The van der Waals surface area contributed by atoms with Crippen molar-refractivity contribution in [3.8, 4) is 11.5 Å². The maximum atomic E-state index is 13.3. The first-order valence-corrected chi connectivity index (χ1v) is 13.3. The standard InChI is InChI=1S/C31H43NO3/c1-19-20-9-10-23-29(4,21(20)17-22(33)25(19)34)14-16-31(6)24-18-28(3,26(35)32(7)8)12-11-27(24,2)13-15-30(23,31)5/h9-10,17,24,33-34H,1,11-16,18H2,2-8H3/t24-,27-,28-,29+,30-,31+/m1/s1. The number of allylic oxidation sites excluding steroid dienone is 2. The van der Waals surface area contributed by atoms with Crippen LogP contribution in [0, 0.1) is 27.6 Å². The largest absolute Gasteiger partial charge is 0.504 e. The summed E-state index contributed by atoms with van der Waals surface area (Å²) in [6.45, 7) is 16.1. The molecule has 1 amide bonds.